The van der Waals surface area contributed by atoms with E-state index in [1.54, 1.807) is 34.9 Å². The summed E-state index contributed by atoms with van der Waals surface area (Å²) in [5.41, 5.74) is 4.88. The number of anilines is 2. The molecule has 0 amide bonds. The van der Waals surface area contributed by atoms with Crippen LogP contribution in [0, 0.1) is 18.3 Å². The summed E-state index contributed by atoms with van der Waals surface area (Å²) in [6.07, 6.45) is 6.02. The minimum atomic E-state index is 0.415. The molecule has 0 radical (unpaired) electrons. The summed E-state index contributed by atoms with van der Waals surface area (Å²) in [7, 11) is 0. The standard InChI is InChI=1S/C21H21N7S2/c1-14-19(28-8-9-29-21(28)24-14)12-27-6-4-15(5-7-27)18-13-30-20(26-18)25-17-3-2-16(10-22)23-11-17/h2-3,8-9,11,13,15H,4-7,12H2,1H3,(H,25,26). The van der Waals surface area contributed by atoms with Crippen LogP contribution < -0.4 is 5.32 Å². The summed E-state index contributed by atoms with van der Waals surface area (Å²) in [4.78, 5) is 17.2. The number of pyridine rings is 1. The van der Waals surface area contributed by atoms with Gasteiger partial charge in [0.2, 0.25) is 0 Å². The quantitative estimate of drug-likeness (QED) is 0.495. The Labute approximate surface area is 182 Å². The lowest BCUT2D eigenvalue weighted by atomic mass is 9.94. The minimum absolute atomic E-state index is 0.415. The lowest BCUT2D eigenvalue weighted by Crippen LogP contribution is -2.33. The summed E-state index contributed by atoms with van der Waals surface area (Å²) in [6, 6.07) is 5.59. The maximum atomic E-state index is 8.86. The normalized spacial score (nSPS) is 15.5. The van der Waals surface area contributed by atoms with Gasteiger partial charge in [0, 0.05) is 29.4 Å². The molecule has 9 heteroatoms. The molecule has 152 valence electrons. The van der Waals surface area contributed by atoms with E-state index in [-0.39, 0.29) is 0 Å². The highest BCUT2D eigenvalue weighted by molar-refractivity contribution is 7.15. The Bertz CT molecular complexity index is 1190. The molecule has 0 aromatic carbocycles. The number of piperidine rings is 1. The molecule has 1 aliphatic rings. The van der Waals surface area contributed by atoms with Gasteiger partial charge in [-0.2, -0.15) is 5.26 Å². The summed E-state index contributed by atoms with van der Waals surface area (Å²) >= 11 is 3.31. The third-order valence-corrected chi connectivity index (χ3v) is 7.12. The van der Waals surface area contributed by atoms with Crippen LogP contribution in [-0.2, 0) is 6.54 Å². The first-order chi connectivity index (χ1) is 14.7. The molecule has 1 aliphatic heterocycles. The van der Waals surface area contributed by atoms with Crippen molar-refractivity contribution in [2.24, 2.45) is 0 Å². The van der Waals surface area contributed by atoms with Crippen LogP contribution in [-0.4, -0.2) is 37.3 Å². The Kier molecular flexibility index (Phi) is 5.21. The van der Waals surface area contributed by atoms with Crippen LogP contribution in [0.25, 0.3) is 4.96 Å². The molecule has 7 nitrogen and oxygen atoms in total. The molecule has 5 heterocycles. The van der Waals surface area contributed by atoms with E-state index in [2.05, 4.69) is 48.5 Å². The highest BCUT2D eigenvalue weighted by Gasteiger charge is 2.24. The van der Waals surface area contributed by atoms with Crippen molar-refractivity contribution in [1.29, 1.82) is 5.26 Å². The number of aromatic nitrogens is 4. The predicted molar refractivity (Wildman–Crippen MR) is 119 cm³/mol. The second-order valence-electron chi connectivity index (χ2n) is 7.50. The summed E-state index contributed by atoms with van der Waals surface area (Å²) in [5.74, 6) is 0.500. The van der Waals surface area contributed by atoms with E-state index in [1.807, 2.05) is 12.1 Å². The van der Waals surface area contributed by atoms with Crippen molar-refractivity contribution in [3.63, 3.8) is 0 Å². The van der Waals surface area contributed by atoms with E-state index in [9.17, 15) is 0 Å². The Hall–Kier alpha value is -2.80. The zero-order chi connectivity index (χ0) is 20.5. The van der Waals surface area contributed by atoms with E-state index in [4.69, 9.17) is 10.2 Å². The monoisotopic (exact) mass is 435 g/mol. The van der Waals surface area contributed by atoms with Crippen LogP contribution in [0.5, 0.6) is 0 Å². The molecule has 0 bridgehead atoms. The van der Waals surface area contributed by atoms with Crippen molar-refractivity contribution in [2.45, 2.75) is 32.2 Å². The van der Waals surface area contributed by atoms with E-state index >= 15 is 0 Å². The number of hydrogen-bond donors (Lipinski definition) is 1. The number of fused-ring (bicyclic) bond motifs is 1. The number of thiazole rings is 2. The summed E-state index contributed by atoms with van der Waals surface area (Å²) in [6.45, 7) is 5.20. The second-order valence-corrected chi connectivity index (χ2v) is 9.23. The van der Waals surface area contributed by atoms with Gasteiger partial charge in [0.25, 0.3) is 0 Å². The third kappa shape index (κ3) is 3.81. The van der Waals surface area contributed by atoms with Gasteiger partial charge >= 0.3 is 0 Å². The minimum Gasteiger partial charge on any atom is -0.330 e. The van der Waals surface area contributed by atoms with E-state index in [0.29, 0.717) is 11.6 Å². The molecule has 0 aliphatic carbocycles. The van der Waals surface area contributed by atoms with Crippen LogP contribution in [0.2, 0.25) is 0 Å². The van der Waals surface area contributed by atoms with Gasteiger partial charge in [-0.15, -0.1) is 22.7 Å². The first kappa shape index (κ1) is 19.2. The lowest BCUT2D eigenvalue weighted by Gasteiger charge is -2.31. The summed E-state index contributed by atoms with van der Waals surface area (Å²) < 4.78 is 2.22. The fourth-order valence-electron chi connectivity index (χ4n) is 3.92. The molecule has 1 N–H and O–H groups in total. The van der Waals surface area contributed by atoms with Crippen LogP contribution >= 0.6 is 22.7 Å². The average Bonchev–Trinajstić information content (AvgIpc) is 3.48. The molecular formula is C21H21N7S2. The van der Waals surface area contributed by atoms with Gasteiger partial charge in [-0.3, -0.25) is 9.30 Å². The zero-order valence-electron chi connectivity index (χ0n) is 16.6. The van der Waals surface area contributed by atoms with Crippen molar-refractivity contribution in [3.05, 3.63) is 58.1 Å². The van der Waals surface area contributed by atoms with Gasteiger partial charge in [-0.05, 0) is 45.0 Å². The predicted octanol–water partition coefficient (Wildman–Crippen LogP) is 4.55. The zero-order valence-corrected chi connectivity index (χ0v) is 18.2. The largest absolute Gasteiger partial charge is 0.330 e. The Morgan fingerprint density at radius 1 is 1.23 bits per heavy atom. The van der Waals surface area contributed by atoms with Gasteiger partial charge in [0.15, 0.2) is 10.1 Å². The van der Waals surface area contributed by atoms with Gasteiger partial charge in [0.05, 0.1) is 29.0 Å². The fraction of sp³-hybridized carbons (Fsp3) is 0.333. The summed E-state index contributed by atoms with van der Waals surface area (Å²) in [5, 5.41) is 17.3. The SMILES string of the molecule is Cc1nc2sccn2c1CN1CCC(c2csc(Nc3ccc(C#N)nc3)n2)CC1. The molecule has 0 saturated carbocycles. The molecule has 0 unspecified atom stereocenters. The Balaban J connectivity index is 1.19. The number of aryl methyl sites for hydroxylation is 1. The van der Waals surface area contributed by atoms with Crippen molar-refractivity contribution in [1.82, 2.24) is 24.3 Å². The van der Waals surface area contributed by atoms with Crippen LogP contribution in [0.4, 0.5) is 10.8 Å². The number of nitrogens with zero attached hydrogens (tertiary/aromatic N) is 6. The van der Waals surface area contributed by atoms with Crippen LogP contribution in [0.1, 0.15) is 41.5 Å². The number of rotatable bonds is 5. The topological polar surface area (TPSA) is 82.1 Å². The van der Waals surface area contributed by atoms with Gasteiger partial charge in [0.1, 0.15) is 11.8 Å². The molecular weight excluding hydrogens is 414 g/mol. The number of imidazole rings is 1. The molecule has 4 aromatic rings. The number of likely N-dealkylation sites (tertiary alicyclic amines) is 1. The number of nitriles is 1. The molecule has 4 aromatic heterocycles. The molecule has 5 rings (SSSR count). The van der Waals surface area contributed by atoms with Crippen molar-refractivity contribution < 1.29 is 0 Å². The molecule has 1 fully saturated rings. The lowest BCUT2D eigenvalue weighted by molar-refractivity contribution is 0.200. The maximum Gasteiger partial charge on any atom is 0.194 e. The highest BCUT2D eigenvalue weighted by atomic mass is 32.1. The van der Waals surface area contributed by atoms with Gasteiger partial charge < -0.3 is 5.32 Å². The average molecular weight is 436 g/mol. The fourth-order valence-corrected chi connectivity index (χ4v) is 5.51. The first-order valence-electron chi connectivity index (χ1n) is 9.91. The van der Waals surface area contributed by atoms with Crippen LogP contribution in [0.15, 0.2) is 35.3 Å². The van der Waals surface area contributed by atoms with E-state index in [0.717, 1.165) is 53.9 Å². The second kappa shape index (κ2) is 8.14. The molecule has 0 spiro atoms. The third-order valence-electron chi connectivity index (χ3n) is 5.59. The Morgan fingerprint density at radius 2 is 2.10 bits per heavy atom. The molecule has 30 heavy (non-hydrogen) atoms. The Morgan fingerprint density at radius 3 is 2.87 bits per heavy atom. The van der Waals surface area contributed by atoms with Crippen molar-refractivity contribution in [2.75, 3.05) is 18.4 Å². The van der Waals surface area contributed by atoms with E-state index in [1.165, 1.54) is 11.4 Å². The first-order valence-corrected chi connectivity index (χ1v) is 11.7. The van der Waals surface area contributed by atoms with E-state index < -0.39 is 0 Å². The van der Waals surface area contributed by atoms with Crippen LogP contribution in [0.3, 0.4) is 0 Å². The maximum absolute atomic E-state index is 8.86. The number of hydrogen-bond acceptors (Lipinski definition) is 8. The van der Waals surface area contributed by atoms with Crippen molar-refractivity contribution >= 4 is 38.5 Å². The van der Waals surface area contributed by atoms with Gasteiger partial charge in [-0.1, -0.05) is 0 Å². The number of nitrogens with one attached hydrogen (secondary N) is 1. The van der Waals surface area contributed by atoms with Gasteiger partial charge in [-0.25, -0.2) is 15.0 Å². The molecule has 1 saturated heterocycles. The molecule has 0 atom stereocenters. The highest BCUT2D eigenvalue weighted by Crippen LogP contribution is 2.32. The smallest absolute Gasteiger partial charge is 0.194 e. The van der Waals surface area contributed by atoms with Crippen molar-refractivity contribution in [3.8, 4) is 6.07 Å².